The first-order valence-corrected chi connectivity index (χ1v) is 9.39. The zero-order valence-electron chi connectivity index (χ0n) is 15.9. The highest BCUT2D eigenvalue weighted by atomic mass is 16.5. The fourth-order valence-corrected chi connectivity index (χ4v) is 3.20. The van der Waals surface area contributed by atoms with E-state index in [2.05, 4.69) is 32.6 Å². The molecule has 4 rings (SSSR count). The largest absolute Gasteiger partial charge is 0.361 e. The zero-order chi connectivity index (χ0) is 19.5. The number of aromatic nitrogens is 3. The molecular formula is C22H22N4O2. The lowest BCUT2D eigenvalue weighted by atomic mass is 10.1. The number of amides is 1. The van der Waals surface area contributed by atoms with Gasteiger partial charge in [-0.2, -0.15) is 4.98 Å². The second kappa shape index (κ2) is 7.68. The molecule has 0 aliphatic heterocycles. The van der Waals surface area contributed by atoms with Crippen LogP contribution in [0.3, 0.4) is 0 Å². The summed E-state index contributed by atoms with van der Waals surface area (Å²) in [5.41, 5.74) is 3.69. The predicted molar refractivity (Wildman–Crippen MR) is 108 cm³/mol. The topological polar surface area (TPSA) is 83.8 Å². The van der Waals surface area contributed by atoms with Gasteiger partial charge in [0.25, 0.3) is 5.91 Å². The first-order chi connectivity index (χ1) is 13.6. The molecule has 2 aromatic carbocycles. The quantitative estimate of drug-likeness (QED) is 0.531. The molecule has 2 aromatic heterocycles. The molecule has 0 radical (unpaired) electrons. The third-order valence-corrected chi connectivity index (χ3v) is 4.55. The molecule has 4 aromatic rings. The average Bonchev–Trinajstić information content (AvgIpc) is 3.33. The molecule has 0 aliphatic carbocycles. The standard InChI is InChI=1S/C22H22N4O2/c1-14(2)24-22(27)16-7-5-6-15(12-16)21-25-20(28-26-21)11-10-17-13-23-19-9-4-3-8-18(17)19/h3-9,12-14,23H,10-11H2,1-2H3,(H,24,27). The van der Waals surface area contributed by atoms with Crippen molar-refractivity contribution in [2.45, 2.75) is 32.7 Å². The van der Waals surface area contributed by atoms with Crippen molar-refractivity contribution in [3.05, 3.63) is 71.7 Å². The van der Waals surface area contributed by atoms with Crippen molar-refractivity contribution in [2.75, 3.05) is 0 Å². The fourth-order valence-electron chi connectivity index (χ4n) is 3.20. The van der Waals surface area contributed by atoms with Gasteiger partial charge in [-0.25, -0.2) is 0 Å². The summed E-state index contributed by atoms with van der Waals surface area (Å²) in [6.45, 7) is 3.86. The number of benzene rings is 2. The lowest BCUT2D eigenvalue weighted by molar-refractivity contribution is 0.0943. The number of aromatic amines is 1. The van der Waals surface area contributed by atoms with Crippen LogP contribution in [0.4, 0.5) is 0 Å². The molecule has 1 amide bonds. The Balaban J connectivity index is 1.48. The first-order valence-electron chi connectivity index (χ1n) is 9.39. The van der Waals surface area contributed by atoms with Gasteiger partial charge in [-0.15, -0.1) is 0 Å². The average molecular weight is 374 g/mol. The number of aryl methyl sites for hydroxylation is 2. The highest BCUT2D eigenvalue weighted by Crippen LogP contribution is 2.21. The molecule has 0 spiro atoms. The normalized spacial score (nSPS) is 11.2. The molecule has 2 heterocycles. The van der Waals surface area contributed by atoms with Crippen molar-refractivity contribution in [1.29, 1.82) is 0 Å². The van der Waals surface area contributed by atoms with E-state index in [1.807, 2.05) is 44.3 Å². The Labute approximate surface area is 163 Å². The van der Waals surface area contributed by atoms with E-state index in [4.69, 9.17) is 4.52 Å². The molecule has 2 N–H and O–H groups in total. The number of hydrogen-bond donors (Lipinski definition) is 2. The zero-order valence-corrected chi connectivity index (χ0v) is 15.9. The van der Waals surface area contributed by atoms with Crippen LogP contribution < -0.4 is 5.32 Å². The van der Waals surface area contributed by atoms with Crippen molar-refractivity contribution >= 4 is 16.8 Å². The minimum atomic E-state index is -0.111. The first kappa shape index (κ1) is 18.0. The Morgan fingerprint density at radius 2 is 2.00 bits per heavy atom. The van der Waals surface area contributed by atoms with Gasteiger partial charge in [-0.05, 0) is 44.0 Å². The van der Waals surface area contributed by atoms with E-state index in [0.29, 0.717) is 23.7 Å². The number of hydrogen-bond acceptors (Lipinski definition) is 4. The molecule has 142 valence electrons. The van der Waals surface area contributed by atoms with Crippen molar-refractivity contribution in [3.8, 4) is 11.4 Å². The minimum absolute atomic E-state index is 0.0810. The van der Waals surface area contributed by atoms with Gasteiger partial charge < -0.3 is 14.8 Å². The van der Waals surface area contributed by atoms with Gasteiger partial charge >= 0.3 is 0 Å². The fraction of sp³-hybridized carbons (Fsp3) is 0.227. The molecule has 6 heteroatoms. The summed E-state index contributed by atoms with van der Waals surface area (Å²) in [4.78, 5) is 20.0. The Bertz CT molecular complexity index is 1110. The van der Waals surface area contributed by atoms with Crippen LogP contribution in [0.15, 0.2) is 59.3 Å². The van der Waals surface area contributed by atoms with E-state index in [-0.39, 0.29) is 11.9 Å². The number of carbonyl (C=O) groups excluding carboxylic acids is 1. The van der Waals surface area contributed by atoms with Crippen molar-refractivity contribution < 1.29 is 9.32 Å². The van der Waals surface area contributed by atoms with E-state index in [9.17, 15) is 4.79 Å². The van der Waals surface area contributed by atoms with Gasteiger partial charge in [0.15, 0.2) is 0 Å². The molecule has 28 heavy (non-hydrogen) atoms. The second-order valence-electron chi connectivity index (χ2n) is 7.08. The number of fused-ring (bicyclic) bond motifs is 1. The Morgan fingerprint density at radius 1 is 1.14 bits per heavy atom. The van der Waals surface area contributed by atoms with Gasteiger partial charge in [0.05, 0.1) is 0 Å². The number of H-pyrrole nitrogens is 1. The smallest absolute Gasteiger partial charge is 0.251 e. The third-order valence-electron chi connectivity index (χ3n) is 4.55. The summed E-state index contributed by atoms with van der Waals surface area (Å²) in [5, 5.41) is 8.19. The van der Waals surface area contributed by atoms with E-state index >= 15 is 0 Å². The summed E-state index contributed by atoms with van der Waals surface area (Å²) in [7, 11) is 0. The van der Waals surface area contributed by atoms with Crippen molar-refractivity contribution in [1.82, 2.24) is 20.4 Å². The van der Waals surface area contributed by atoms with E-state index in [1.165, 1.54) is 10.9 Å². The molecular weight excluding hydrogens is 352 g/mol. The number of para-hydroxylation sites is 1. The van der Waals surface area contributed by atoms with Crippen LogP contribution in [0.25, 0.3) is 22.3 Å². The maximum absolute atomic E-state index is 12.2. The summed E-state index contributed by atoms with van der Waals surface area (Å²) in [5.74, 6) is 0.963. The highest BCUT2D eigenvalue weighted by molar-refractivity contribution is 5.95. The number of rotatable bonds is 6. The van der Waals surface area contributed by atoms with Crippen LogP contribution in [-0.2, 0) is 12.8 Å². The summed E-state index contributed by atoms with van der Waals surface area (Å²) < 4.78 is 5.42. The van der Waals surface area contributed by atoms with Gasteiger partial charge in [0.1, 0.15) is 0 Å². The number of carbonyl (C=O) groups is 1. The molecule has 0 fully saturated rings. The minimum Gasteiger partial charge on any atom is -0.361 e. The monoisotopic (exact) mass is 374 g/mol. The van der Waals surface area contributed by atoms with Crippen LogP contribution in [0, 0.1) is 0 Å². The van der Waals surface area contributed by atoms with Gasteiger partial charge in [-0.1, -0.05) is 35.5 Å². The van der Waals surface area contributed by atoms with Crippen LogP contribution in [0.2, 0.25) is 0 Å². The van der Waals surface area contributed by atoms with E-state index in [1.54, 1.807) is 12.1 Å². The Hall–Kier alpha value is -3.41. The lowest BCUT2D eigenvalue weighted by Gasteiger charge is -2.08. The summed E-state index contributed by atoms with van der Waals surface area (Å²) >= 11 is 0. The van der Waals surface area contributed by atoms with Crippen LogP contribution in [0.5, 0.6) is 0 Å². The summed E-state index contributed by atoms with van der Waals surface area (Å²) in [6, 6.07) is 15.6. The maximum Gasteiger partial charge on any atom is 0.251 e. The van der Waals surface area contributed by atoms with Gasteiger partial charge in [-0.3, -0.25) is 4.79 Å². The predicted octanol–water partition coefficient (Wildman–Crippen LogP) is 4.14. The summed E-state index contributed by atoms with van der Waals surface area (Å²) in [6.07, 6.45) is 3.49. The van der Waals surface area contributed by atoms with Gasteiger partial charge in [0, 0.05) is 40.7 Å². The van der Waals surface area contributed by atoms with Gasteiger partial charge in [0.2, 0.25) is 11.7 Å². The molecule has 0 aliphatic rings. The van der Waals surface area contributed by atoms with Crippen LogP contribution >= 0.6 is 0 Å². The molecule has 0 saturated carbocycles. The molecule has 0 unspecified atom stereocenters. The molecule has 0 saturated heterocycles. The number of nitrogens with zero attached hydrogens (tertiary/aromatic N) is 2. The molecule has 6 nitrogen and oxygen atoms in total. The van der Waals surface area contributed by atoms with E-state index in [0.717, 1.165) is 17.5 Å². The van der Waals surface area contributed by atoms with E-state index < -0.39 is 0 Å². The highest BCUT2D eigenvalue weighted by Gasteiger charge is 2.13. The van der Waals surface area contributed by atoms with Crippen LogP contribution in [-0.4, -0.2) is 27.1 Å². The second-order valence-corrected chi connectivity index (χ2v) is 7.08. The maximum atomic E-state index is 12.2. The Morgan fingerprint density at radius 3 is 2.86 bits per heavy atom. The lowest BCUT2D eigenvalue weighted by Crippen LogP contribution is -2.30. The van der Waals surface area contributed by atoms with Crippen LogP contribution in [0.1, 0.15) is 35.7 Å². The van der Waals surface area contributed by atoms with Crippen molar-refractivity contribution in [3.63, 3.8) is 0 Å². The molecule has 0 bridgehead atoms. The Kier molecular flexibility index (Phi) is 4.93. The number of nitrogens with one attached hydrogen (secondary N) is 2. The van der Waals surface area contributed by atoms with Crippen molar-refractivity contribution in [2.24, 2.45) is 0 Å². The third kappa shape index (κ3) is 3.81. The molecule has 0 atom stereocenters. The SMILES string of the molecule is CC(C)NC(=O)c1cccc(-c2noc(CCc3c[nH]c4ccccc34)n2)c1.